The monoisotopic (exact) mass is 484 g/mol. The molecule has 4 rings (SSSR count). The number of ether oxygens (including phenoxy) is 1. The molecule has 5 heteroatoms. The molecule has 0 unspecified atom stereocenters. The number of rotatable bonds is 5. The average molecular weight is 485 g/mol. The van der Waals surface area contributed by atoms with Gasteiger partial charge in [0.05, 0.1) is 7.11 Å². The lowest BCUT2D eigenvalue weighted by molar-refractivity contribution is 0.0712. The molecule has 5 nitrogen and oxygen atoms in total. The molecule has 1 aliphatic rings. The van der Waals surface area contributed by atoms with Gasteiger partial charge >= 0.3 is 0 Å². The van der Waals surface area contributed by atoms with Crippen LogP contribution in [0.25, 0.3) is 0 Å². The Balaban J connectivity index is 1.40. The predicted molar refractivity (Wildman–Crippen MR) is 145 cm³/mol. The van der Waals surface area contributed by atoms with Crippen LogP contribution in [-0.4, -0.2) is 36.9 Å². The molecule has 2 amide bonds. The summed E-state index contributed by atoms with van der Waals surface area (Å²) in [4.78, 5) is 28.1. The van der Waals surface area contributed by atoms with Crippen LogP contribution in [-0.2, 0) is 5.41 Å². The largest absolute Gasteiger partial charge is 0.497 e. The molecule has 0 bridgehead atoms. The summed E-state index contributed by atoms with van der Waals surface area (Å²) < 4.78 is 5.26. The Morgan fingerprint density at radius 3 is 2.08 bits per heavy atom. The van der Waals surface area contributed by atoms with Crippen molar-refractivity contribution in [1.29, 1.82) is 0 Å². The van der Waals surface area contributed by atoms with Crippen LogP contribution in [0.2, 0.25) is 0 Å². The highest BCUT2D eigenvalue weighted by Gasteiger charge is 2.25. The molecule has 0 spiro atoms. The van der Waals surface area contributed by atoms with Crippen LogP contribution < -0.4 is 10.1 Å². The molecule has 1 saturated heterocycles. The van der Waals surface area contributed by atoms with Gasteiger partial charge < -0.3 is 15.0 Å². The summed E-state index contributed by atoms with van der Waals surface area (Å²) in [5, 5.41) is 3.00. The van der Waals surface area contributed by atoms with Gasteiger partial charge in [0.2, 0.25) is 0 Å². The number of hydrogen-bond donors (Lipinski definition) is 1. The van der Waals surface area contributed by atoms with Crippen LogP contribution in [0, 0.1) is 6.92 Å². The van der Waals surface area contributed by atoms with Gasteiger partial charge in [-0.15, -0.1) is 0 Å². The van der Waals surface area contributed by atoms with Crippen LogP contribution in [0.5, 0.6) is 5.75 Å². The zero-order valence-corrected chi connectivity index (χ0v) is 21.9. The molecule has 0 aromatic heterocycles. The van der Waals surface area contributed by atoms with E-state index in [9.17, 15) is 9.59 Å². The van der Waals surface area contributed by atoms with E-state index in [1.807, 2.05) is 60.4 Å². The van der Waals surface area contributed by atoms with Gasteiger partial charge in [0.15, 0.2) is 0 Å². The van der Waals surface area contributed by atoms with Crippen molar-refractivity contribution in [2.24, 2.45) is 0 Å². The number of carbonyl (C=O) groups excluding carboxylic acids is 2. The summed E-state index contributed by atoms with van der Waals surface area (Å²) in [5.74, 6) is 1.13. The lowest BCUT2D eigenvalue weighted by Crippen LogP contribution is -2.38. The number of anilines is 1. The first kappa shape index (κ1) is 25.5. The number of amides is 2. The number of nitrogens with zero attached hydrogens (tertiary/aromatic N) is 1. The fourth-order valence-electron chi connectivity index (χ4n) is 4.68. The number of aryl methyl sites for hydroxylation is 1. The van der Waals surface area contributed by atoms with E-state index in [0.717, 1.165) is 24.2 Å². The Kier molecular flexibility index (Phi) is 7.48. The van der Waals surface area contributed by atoms with Crippen LogP contribution in [0.1, 0.15) is 76.9 Å². The van der Waals surface area contributed by atoms with Gasteiger partial charge in [-0.25, -0.2) is 0 Å². The van der Waals surface area contributed by atoms with Crippen LogP contribution in [0.3, 0.4) is 0 Å². The van der Waals surface area contributed by atoms with Gasteiger partial charge in [-0.05, 0) is 84.2 Å². The second kappa shape index (κ2) is 10.6. The van der Waals surface area contributed by atoms with Crippen molar-refractivity contribution < 1.29 is 14.3 Å². The number of hydrogen-bond acceptors (Lipinski definition) is 3. The molecule has 3 aromatic rings. The molecule has 36 heavy (non-hydrogen) atoms. The predicted octanol–water partition coefficient (Wildman–Crippen LogP) is 6.57. The van der Waals surface area contributed by atoms with E-state index >= 15 is 0 Å². The van der Waals surface area contributed by atoms with Crippen molar-refractivity contribution in [3.63, 3.8) is 0 Å². The van der Waals surface area contributed by atoms with Crippen molar-refractivity contribution in [2.75, 3.05) is 25.5 Å². The molecular formula is C31H36N2O3. The number of benzene rings is 3. The number of piperidine rings is 1. The van der Waals surface area contributed by atoms with Crippen LogP contribution >= 0.6 is 0 Å². The topological polar surface area (TPSA) is 58.6 Å². The maximum Gasteiger partial charge on any atom is 0.255 e. The Labute approximate surface area is 214 Å². The fraction of sp³-hybridized carbons (Fsp3) is 0.355. The lowest BCUT2D eigenvalue weighted by Gasteiger charge is -2.32. The standard InChI is InChI=1S/C31H36N2O3/c1-21-6-7-25(20-28(21)32-29(34)24-8-12-26(13-9-24)31(2,3)4)30(35)33-18-16-23(17-19-33)22-10-14-27(36-5)15-11-22/h6-15,20,23H,16-19H2,1-5H3,(H,32,34). The van der Waals surface area contributed by atoms with Crippen molar-refractivity contribution in [1.82, 2.24) is 4.90 Å². The molecule has 0 saturated carbocycles. The summed E-state index contributed by atoms with van der Waals surface area (Å²) >= 11 is 0. The number of likely N-dealkylation sites (tertiary alicyclic amines) is 1. The SMILES string of the molecule is COc1ccc(C2CCN(C(=O)c3ccc(C)c(NC(=O)c4ccc(C(C)(C)C)cc4)c3)CC2)cc1. The van der Waals surface area contributed by atoms with Gasteiger partial charge in [-0.3, -0.25) is 9.59 Å². The summed E-state index contributed by atoms with van der Waals surface area (Å²) in [6.45, 7) is 9.81. The second-order valence-corrected chi connectivity index (χ2v) is 10.7. The Bertz CT molecular complexity index is 1220. The van der Waals surface area contributed by atoms with Crippen molar-refractivity contribution in [3.05, 3.63) is 94.5 Å². The number of carbonyl (C=O) groups is 2. The van der Waals surface area contributed by atoms with Crippen LogP contribution in [0.15, 0.2) is 66.7 Å². The normalized spacial score (nSPS) is 14.4. The van der Waals surface area contributed by atoms with Gasteiger partial charge in [-0.1, -0.05) is 51.1 Å². The highest BCUT2D eigenvalue weighted by molar-refractivity contribution is 6.05. The van der Waals surface area contributed by atoms with E-state index in [2.05, 4.69) is 38.2 Å². The molecule has 0 atom stereocenters. The highest BCUT2D eigenvalue weighted by Crippen LogP contribution is 2.30. The Morgan fingerprint density at radius 2 is 1.50 bits per heavy atom. The van der Waals surface area contributed by atoms with Gasteiger partial charge in [0.25, 0.3) is 11.8 Å². The third-order valence-corrected chi connectivity index (χ3v) is 7.12. The Hall–Kier alpha value is -3.60. The summed E-state index contributed by atoms with van der Waals surface area (Å²) in [6, 6.07) is 21.5. The maximum atomic E-state index is 13.3. The minimum Gasteiger partial charge on any atom is -0.497 e. The molecule has 1 heterocycles. The summed E-state index contributed by atoms with van der Waals surface area (Å²) in [7, 11) is 1.67. The fourth-order valence-corrected chi connectivity index (χ4v) is 4.68. The van der Waals surface area contributed by atoms with E-state index in [4.69, 9.17) is 4.74 Å². The first-order chi connectivity index (χ1) is 17.2. The molecule has 0 radical (unpaired) electrons. The van der Waals surface area contributed by atoms with Crippen molar-refractivity contribution in [2.45, 2.75) is 51.9 Å². The van der Waals surface area contributed by atoms with Gasteiger partial charge in [-0.2, -0.15) is 0 Å². The van der Waals surface area contributed by atoms with E-state index in [0.29, 0.717) is 35.8 Å². The quantitative estimate of drug-likeness (QED) is 0.445. The zero-order valence-electron chi connectivity index (χ0n) is 21.9. The van der Waals surface area contributed by atoms with Crippen molar-refractivity contribution in [3.8, 4) is 5.75 Å². The summed E-state index contributed by atoms with van der Waals surface area (Å²) in [6.07, 6.45) is 1.86. The Morgan fingerprint density at radius 1 is 0.889 bits per heavy atom. The maximum absolute atomic E-state index is 13.3. The second-order valence-electron chi connectivity index (χ2n) is 10.7. The highest BCUT2D eigenvalue weighted by atomic mass is 16.5. The molecule has 1 aliphatic heterocycles. The number of nitrogens with one attached hydrogen (secondary N) is 1. The smallest absolute Gasteiger partial charge is 0.255 e. The van der Waals surface area contributed by atoms with E-state index in [-0.39, 0.29) is 17.2 Å². The number of methoxy groups -OCH3 is 1. The minimum absolute atomic E-state index is 0.00760. The molecule has 1 fully saturated rings. The van der Waals surface area contributed by atoms with E-state index in [1.54, 1.807) is 13.2 Å². The molecular weight excluding hydrogens is 448 g/mol. The minimum atomic E-state index is -0.177. The molecule has 188 valence electrons. The van der Waals surface area contributed by atoms with Crippen LogP contribution in [0.4, 0.5) is 5.69 Å². The van der Waals surface area contributed by atoms with Gasteiger partial charge in [0.1, 0.15) is 5.75 Å². The lowest BCUT2D eigenvalue weighted by atomic mass is 9.86. The average Bonchev–Trinajstić information content (AvgIpc) is 2.89. The third-order valence-electron chi connectivity index (χ3n) is 7.12. The van der Waals surface area contributed by atoms with E-state index in [1.165, 1.54) is 11.1 Å². The van der Waals surface area contributed by atoms with Crippen molar-refractivity contribution >= 4 is 17.5 Å². The first-order valence-corrected chi connectivity index (χ1v) is 12.6. The molecule has 3 aromatic carbocycles. The van der Waals surface area contributed by atoms with Gasteiger partial charge in [0, 0.05) is 29.9 Å². The first-order valence-electron chi connectivity index (χ1n) is 12.6. The zero-order chi connectivity index (χ0) is 25.9. The third kappa shape index (κ3) is 5.78. The molecule has 0 aliphatic carbocycles. The van der Waals surface area contributed by atoms with E-state index < -0.39 is 0 Å². The summed E-state index contributed by atoms with van der Waals surface area (Å²) in [5.41, 5.74) is 5.28. The molecule has 1 N–H and O–H groups in total.